The largest absolute Gasteiger partial charge is 0.486 e. The smallest absolute Gasteiger partial charge is 0.163 e. The summed E-state index contributed by atoms with van der Waals surface area (Å²) in [5.74, 6) is -0.0649. The Morgan fingerprint density at radius 3 is 1.60 bits per heavy atom. The average molecular weight is 705 g/mol. The van der Waals surface area contributed by atoms with Crippen LogP contribution in [0.4, 0.5) is 31.5 Å². The molecule has 4 N–H and O–H groups in total. The van der Waals surface area contributed by atoms with Gasteiger partial charge in [0.1, 0.15) is 13.2 Å². The molecule has 3 aliphatic rings. The Labute approximate surface area is 303 Å². The van der Waals surface area contributed by atoms with Gasteiger partial charge in [-0.05, 0) is 112 Å². The van der Waals surface area contributed by atoms with Crippen molar-refractivity contribution in [3.05, 3.63) is 107 Å². The van der Waals surface area contributed by atoms with E-state index < -0.39 is 11.6 Å². The minimum Gasteiger partial charge on any atom is -0.486 e. The summed E-state index contributed by atoms with van der Waals surface area (Å²) in [6, 6.07) is 23.8. The summed E-state index contributed by atoms with van der Waals surface area (Å²) < 4.78 is 42.4. The van der Waals surface area contributed by atoms with E-state index in [9.17, 15) is 8.78 Å². The van der Waals surface area contributed by atoms with Crippen molar-refractivity contribution < 1.29 is 18.3 Å². The number of aromatic nitrogens is 2. The second-order valence-electron chi connectivity index (χ2n) is 14.1. The first-order valence-electron chi connectivity index (χ1n) is 18.2. The molecule has 9 rings (SSSR count). The zero-order valence-electron chi connectivity index (χ0n) is 30.2. The Balaban J connectivity index is 0.000000149. The van der Waals surface area contributed by atoms with Gasteiger partial charge in [0.05, 0.1) is 11.0 Å². The first-order chi connectivity index (χ1) is 25.3. The minimum atomic E-state index is -0.849. The fourth-order valence-corrected chi connectivity index (χ4v) is 8.22. The van der Waals surface area contributed by atoms with Crippen LogP contribution in [-0.4, -0.2) is 48.5 Å². The first-order valence-corrected chi connectivity index (χ1v) is 18.2. The standard InChI is InChI=1S/C22H25N3O2.C20H21F2N3/c1-23-14-4-7-19-18(11-14)17-6-3-15(12-20(17)25(19)2)24-16-5-8-21-22(13-16)27-10-9-26-21;1-23-12-5-8-19-16(9-12)15-6-3-14(11-20(15)25(19)2)24-13-4-7-17(21)18(22)10-13/h3,5-6,8,12-14,23-24H,4,7,9-11H2,1-2H3;3-4,6-7,10-12,23-24H,5,8-9H2,1-2H3. The molecule has 2 aliphatic carbocycles. The van der Waals surface area contributed by atoms with Crippen molar-refractivity contribution in [2.75, 3.05) is 37.9 Å². The van der Waals surface area contributed by atoms with Gasteiger partial charge in [-0.15, -0.1) is 0 Å². The monoisotopic (exact) mass is 704 g/mol. The number of anilines is 4. The zero-order valence-corrected chi connectivity index (χ0v) is 30.2. The number of nitrogens with zero attached hydrogens (tertiary/aromatic N) is 2. The molecule has 270 valence electrons. The second kappa shape index (κ2) is 14.2. The summed E-state index contributed by atoms with van der Waals surface area (Å²) in [5.41, 5.74) is 11.7. The normalized spacial score (nSPS) is 17.7. The van der Waals surface area contributed by atoms with Gasteiger partial charge in [-0.3, -0.25) is 0 Å². The van der Waals surface area contributed by atoms with Crippen molar-refractivity contribution >= 4 is 44.6 Å². The molecule has 0 saturated heterocycles. The van der Waals surface area contributed by atoms with Crippen LogP contribution in [0.5, 0.6) is 11.5 Å². The van der Waals surface area contributed by atoms with Gasteiger partial charge in [-0.25, -0.2) is 8.78 Å². The lowest BCUT2D eigenvalue weighted by atomic mass is 9.91. The number of hydrogen-bond donors (Lipinski definition) is 4. The van der Waals surface area contributed by atoms with E-state index in [1.165, 1.54) is 57.4 Å². The summed E-state index contributed by atoms with van der Waals surface area (Å²) in [7, 11) is 8.37. The van der Waals surface area contributed by atoms with Gasteiger partial charge in [-0.2, -0.15) is 0 Å². The van der Waals surface area contributed by atoms with Crippen molar-refractivity contribution in [3.8, 4) is 11.5 Å². The molecule has 0 saturated carbocycles. The van der Waals surface area contributed by atoms with Crippen molar-refractivity contribution in [3.63, 3.8) is 0 Å². The number of rotatable bonds is 6. The molecule has 4 aromatic carbocycles. The average Bonchev–Trinajstić information content (AvgIpc) is 3.61. The van der Waals surface area contributed by atoms with Crippen LogP contribution in [0.25, 0.3) is 21.8 Å². The Hall–Kier alpha value is -5.06. The second-order valence-corrected chi connectivity index (χ2v) is 14.1. The highest BCUT2D eigenvalue weighted by Gasteiger charge is 2.25. The third-order valence-corrected chi connectivity index (χ3v) is 11.1. The van der Waals surface area contributed by atoms with E-state index >= 15 is 0 Å². The number of nitrogens with one attached hydrogen (secondary N) is 4. The molecule has 6 aromatic rings. The van der Waals surface area contributed by atoms with Gasteiger partial charge in [0.15, 0.2) is 23.1 Å². The lowest BCUT2D eigenvalue weighted by Gasteiger charge is -2.22. The molecule has 0 fully saturated rings. The van der Waals surface area contributed by atoms with Gasteiger partial charge in [0.25, 0.3) is 0 Å². The lowest BCUT2D eigenvalue weighted by molar-refractivity contribution is 0.171. The van der Waals surface area contributed by atoms with Crippen molar-refractivity contribution in [1.82, 2.24) is 19.8 Å². The van der Waals surface area contributed by atoms with Crippen LogP contribution in [0, 0.1) is 11.6 Å². The predicted molar refractivity (Wildman–Crippen MR) is 206 cm³/mol. The van der Waals surface area contributed by atoms with Gasteiger partial charge >= 0.3 is 0 Å². The van der Waals surface area contributed by atoms with E-state index in [1.54, 1.807) is 0 Å². The van der Waals surface area contributed by atoms with Crippen LogP contribution in [0.2, 0.25) is 0 Å². The molecule has 2 unspecified atom stereocenters. The van der Waals surface area contributed by atoms with Gasteiger partial charge in [0, 0.05) is 83.2 Å². The van der Waals surface area contributed by atoms with E-state index in [4.69, 9.17) is 9.47 Å². The Bertz CT molecular complexity index is 2280. The predicted octanol–water partition coefficient (Wildman–Crippen LogP) is 8.05. The highest BCUT2D eigenvalue weighted by molar-refractivity contribution is 5.90. The molecule has 2 aromatic heterocycles. The fourth-order valence-electron chi connectivity index (χ4n) is 8.22. The molecule has 10 heteroatoms. The summed E-state index contributed by atoms with van der Waals surface area (Å²) in [6.07, 6.45) is 6.70. The number of hydrogen-bond acceptors (Lipinski definition) is 6. The molecule has 3 heterocycles. The Morgan fingerprint density at radius 1 is 0.577 bits per heavy atom. The zero-order chi connectivity index (χ0) is 35.9. The van der Waals surface area contributed by atoms with Crippen molar-refractivity contribution in [2.45, 2.75) is 50.6 Å². The molecule has 8 nitrogen and oxygen atoms in total. The molecule has 0 spiro atoms. The number of likely N-dealkylation sites (N-methyl/N-ethyl adjacent to an activating group) is 2. The van der Waals surface area contributed by atoms with Crippen molar-refractivity contribution in [1.29, 1.82) is 0 Å². The van der Waals surface area contributed by atoms with Gasteiger partial charge in [-0.1, -0.05) is 12.1 Å². The maximum atomic E-state index is 13.4. The summed E-state index contributed by atoms with van der Waals surface area (Å²) in [6.45, 7) is 1.22. The molecule has 2 atom stereocenters. The highest BCUT2D eigenvalue weighted by Crippen LogP contribution is 2.37. The topological polar surface area (TPSA) is 76.4 Å². The summed E-state index contributed by atoms with van der Waals surface area (Å²) in [4.78, 5) is 0. The lowest BCUT2D eigenvalue weighted by Crippen LogP contribution is -2.31. The number of benzene rings is 4. The van der Waals surface area contributed by atoms with Crippen LogP contribution >= 0.6 is 0 Å². The number of ether oxygens (including phenoxy) is 2. The maximum absolute atomic E-state index is 13.4. The van der Waals surface area contributed by atoms with E-state index in [2.05, 4.69) is 81.9 Å². The van der Waals surface area contributed by atoms with Crippen LogP contribution in [-0.2, 0) is 39.8 Å². The van der Waals surface area contributed by atoms with Crippen molar-refractivity contribution in [2.24, 2.45) is 14.1 Å². The van der Waals surface area contributed by atoms with E-state index in [0.717, 1.165) is 72.2 Å². The van der Waals surface area contributed by atoms with Crippen LogP contribution < -0.4 is 30.7 Å². The van der Waals surface area contributed by atoms with Gasteiger partial charge in [0.2, 0.25) is 0 Å². The molecule has 52 heavy (non-hydrogen) atoms. The molecule has 0 amide bonds. The number of halogens is 2. The summed E-state index contributed by atoms with van der Waals surface area (Å²) >= 11 is 0. The molecular weight excluding hydrogens is 658 g/mol. The molecule has 1 aliphatic heterocycles. The molecular formula is C42H46F2N6O2. The van der Waals surface area contributed by atoms with Crippen LogP contribution in [0.1, 0.15) is 35.4 Å². The Kier molecular flexibility index (Phi) is 9.27. The third-order valence-electron chi connectivity index (χ3n) is 11.1. The number of aryl methyl sites for hydroxylation is 2. The van der Waals surface area contributed by atoms with Crippen LogP contribution in [0.15, 0.2) is 72.8 Å². The Morgan fingerprint density at radius 2 is 1.06 bits per heavy atom. The quantitative estimate of drug-likeness (QED) is 0.141. The first kappa shape index (κ1) is 34.0. The van der Waals surface area contributed by atoms with Gasteiger partial charge < -0.3 is 39.9 Å². The van der Waals surface area contributed by atoms with E-state index in [0.29, 0.717) is 31.0 Å². The van der Waals surface area contributed by atoms with E-state index in [-0.39, 0.29) is 0 Å². The van der Waals surface area contributed by atoms with E-state index in [1.807, 2.05) is 31.3 Å². The maximum Gasteiger partial charge on any atom is 0.163 e. The van der Waals surface area contributed by atoms with Crippen LogP contribution in [0.3, 0.4) is 0 Å². The fraction of sp³-hybridized carbons (Fsp3) is 0.333. The minimum absolute atomic E-state index is 0.526. The number of fused-ring (bicyclic) bond motifs is 7. The molecule has 0 bridgehead atoms. The summed E-state index contributed by atoms with van der Waals surface area (Å²) in [5, 5.41) is 16.1. The SMILES string of the molecule is CNC1CCc2c(c3ccc(Nc4ccc(F)c(F)c4)cc3n2C)C1.CNC1CCc2c(c3ccc(Nc4ccc5c(c4)OCCO5)cc3n2C)C1. The molecule has 0 radical (unpaired) electrons. The highest BCUT2D eigenvalue weighted by atomic mass is 19.2. The third kappa shape index (κ3) is 6.45.